The largest absolute Gasteiger partial charge is 0.481 e. The minimum atomic E-state index is -0.735. The van der Waals surface area contributed by atoms with Crippen LogP contribution in [-0.4, -0.2) is 53.1 Å². The Labute approximate surface area is 163 Å². The zero-order valence-electron chi connectivity index (χ0n) is 15.6. The summed E-state index contributed by atoms with van der Waals surface area (Å²) in [5.41, 5.74) is 0. The van der Waals surface area contributed by atoms with E-state index in [9.17, 15) is 14.4 Å². The molecule has 1 saturated carbocycles. The van der Waals surface area contributed by atoms with Crippen molar-refractivity contribution in [2.45, 2.75) is 57.5 Å². The van der Waals surface area contributed by atoms with Gasteiger partial charge in [0.05, 0.1) is 10.8 Å². The van der Waals surface area contributed by atoms with E-state index in [1.54, 1.807) is 4.90 Å². The summed E-state index contributed by atoms with van der Waals surface area (Å²) in [6.45, 7) is 3.21. The molecule has 3 amide bonds. The highest BCUT2D eigenvalue weighted by Gasteiger charge is 2.29. The first kappa shape index (κ1) is 19.7. The smallest absolute Gasteiger partial charge is 0.317 e. The number of aryl methyl sites for hydroxylation is 1. The Balaban J connectivity index is 1.39. The number of thiophene rings is 1. The van der Waals surface area contributed by atoms with Gasteiger partial charge in [-0.15, -0.1) is 11.3 Å². The van der Waals surface area contributed by atoms with Gasteiger partial charge in [0.25, 0.3) is 5.91 Å². The number of aliphatic carboxylic acids is 1. The van der Waals surface area contributed by atoms with Crippen molar-refractivity contribution in [3.8, 4) is 0 Å². The molecule has 0 radical (unpaired) electrons. The number of nitrogens with one attached hydrogen (secondary N) is 2. The van der Waals surface area contributed by atoms with Gasteiger partial charge in [0.2, 0.25) is 0 Å². The fraction of sp³-hybridized carbons (Fsp3) is 0.632. The van der Waals surface area contributed by atoms with E-state index >= 15 is 0 Å². The van der Waals surface area contributed by atoms with Crippen LogP contribution in [0.2, 0.25) is 0 Å². The fourth-order valence-corrected chi connectivity index (χ4v) is 4.56. The number of nitrogens with zero attached hydrogens (tertiary/aromatic N) is 1. The highest BCUT2D eigenvalue weighted by Crippen LogP contribution is 2.25. The third-order valence-corrected chi connectivity index (χ3v) is 6.49. The molecule has 2 heterocycles. The number of amides is 3. The third kappa shape index (κ3) is 5.22. The van der Waals surface area contributed by atoms with E-state index in [0.717, 1.165) is 35.4 Å². The third-order valence-electron chi connectivity index (χ3n) is 5.49. The topological polar surface area (TPSA) is 98.7 Å². The Morgan fingerprint density at radius 2 is 1.63 bits per heavy atom. The predicted molar refractivity (Wildman–Crippen MR) is 103 cm³/mol. The average molecular weight is 394 g/mol. The van der Waals surface area contributed by atoms with Crippen molar-refractivity contribution < 1.29 is 19.5 Å². The summed E-state index contributed by atoms with van der Waals surface area (Å²) in [4.78, 5) is 39.3. The van der Waals surface area contributed by atoms with Gasteiger partial charge in [0.15, 0.2) is 0 Å². The lowest BCUT2D eigenvalue weighted by atomic mass is 9.86. The number of carboxylic acid groups (broad SMARTS) is 1. The Kier molecular flexibility index (Phi) is 6.36. The van der Waals surface area contributed by atoms with Crippen LogP contribution in [0.3, 0.4) is 0 Å². The van der Waals surface area contributed by atoms with Crippen LogP contribution in [0.4, 0.5) is 4.79 Å². The van der Waals surface area contributed by atoms with Crippen molar-refractivity contribution in [2.75, 3.05) is 13.1 Å². The van der Waals surface area contributed by atoms with E-state index < -0.39 is 5.97 Å². The molecule has 1 saturated heterocycles. The molecule has 1 aliphatic heterocycles. The average Bonchev–Trinajstić information content (AvgIpc) is 3.09. The van der Waals surface area contributed by atoms with E-state index in [1.165, 1.54) is 11.3 Å². The van der Waals surface area contributed by atoms with Gasteiger partial charge >= 0.3 is 12.0 Å². The first-order valence-corrected chi connectivity index (χ1v) is 10.4. The lowest BCUT2D eigenvalue weighted by molar-refractivity contribution is -0.142. The Hall–Kier alpha value is -2.09. The number of hydrogen-bond acceptors (Lipinski definition) is 4. The highest BCUT2D eigenvalue weighted by atomic mass is 32.1. The number of carbonyl (C=O) groups is 3. The standard InChI is InChI=1S/C19H27N3O4S/c1-12-2-7-16(27-12)17(23)20-15-8-10-22(11-9-15)19(26)21-14-5-3-13(4-6-14)18(24)25/h2,7,13-15H,3-6,8-11H2,1H3,(H,20,23)(H,21,26)(H,24,25). The van der Waals surface area contributed by atoms with Crippen molar-refractivity contribution in [2.24, 2.45) is 5.92 Å². The van der Waals surface area contributed by atoms with Crippen LogP contribution in [0.25, 0.3) is 0 Å². The Morgan fingerprint density at radius 3 is 2.19 bits per heavy atom. The fourth-order valence-electron chi connectivity index (χ4n) is 3.79. The van der Waals surface area contributed by atoms with Crippen molar-refractivity contribution in [3.63, 3.8) is 0 Å². The second-order valence-electron chi connectivity index (χ2n) is 7.48. The second-order valence-corrected chi connectivity index (χ2v) is 8.77. The van der Waals surface area contributed by atoms with Gasteiger partial charge < -0.3 is 20.6 Å². The van der Waals surface area contributed by atoms with Crippen molar-refractivity contribution in [1.82, 2.24) is 15.5 Å². The molecule has 0 aromatic carbocycles. The number of urea groups is 1. The first-order valence-electron chi connectivity index (χ1n) is 9.58. The maximum Gasteiger partial charge on any atom is 0.317 e. The zero-order valence-corrected chi connectivity index (χ0v) is 16.4. The molecule has 0 atom stereocenters. The van der Waals surface area contributed by atoms with Gasteiger partial charge in [-0.05, 0) is 57.6 Å². The molecule has 0 spiro atoms. The van der Waals surface area contributed by atoms with Crippen LogP contribution in [0, 0.1) is 12.8 Å². The van der Waals surface area contributed by atoms with E-state index in [1.807, 2.05) is 19.1 Å². The molecule has 27 heavy (non-hydrogen) atoms. The molecular weight excluding hydrogens is 366 g/mol. The van der Waals surface area contributed by atoms with Gasteiger partial charge in [-0.3, -0.25) is 9.59 Å². The quantitative estimate of drug-likeness (QED) is 0.732. The number of likely N-dealkylation sites (tertiary alicyclic amines) is 1. The second kappa shape index (κ2) is 8.73. The molecule has 2 fully saturated rings. The molecule has 1 aromatic heterocycles. The van der Waals surface area contributed by atoms with E-state index in [2.05, 4.69) is 10.6 Å². The van der Waals surface area contributed by atoms with E-state index in [-0.39, 0.29) is 29.9 Å². The monoisotopic (exact) mass is 393 g/mol. The van der Waals surface area contributed by atoms with Crippen LogP contribution < -0.4 is 10.6 Å². The summed E-state index contributed by atoms with van der Waals surface area (Å²) in [7, 11) is 0. The van der Waals surface area contributed by atoms with Crippen molar-refractivity contribution in [3.05, 3.63) is 21.9 Å². The molecule has 2 aliphatic rings. The number of hydrogen-bond donors (Lipinski definition) is 3. The summed E-state index contributed by atoms with van der Waals surface area (Å²) in [6.07, 6.45) is 4.17. The lowest BCUT2D eigenvalue weighted by Gasteiger charge is -2.34. The maximum absolute atomic E-state index is 12.4. The highest BCUT2D eigenvalue weighted by molar-refractivity contribution is 7.13. The first-order chi connectivity index (χ1) is 12.9. The molecular formula is C19H27N3O4S. The van der Waals surface area contributed by atoms with Gasteiger partial charge in [-0.25, -0.2) is 4.79 Å². The molecule has 0 bridgehead atoms. The van der Waals surface area contributed by atoms with Gasteiger partial charge in [0.1, 0.15) is 0 Å². The van der Waals surface area contributed by atoms with Crippen LogP contribution in [0.15, 0.2) is 12.1 Å². The summed E-state index contributed by atoms with van der Waals surface area (Å²) in [6, 6.07) is 3.86. The maximum atomic E-state index is 12.4. The Bertz CT molecular complexity index is 689. The van der Waals surface area contributed by atoms with E-state index in [0.29, 0.717) is 25.9 Å². The Morgan fingerprint density at radius 1 is 1.00 bits per heavy atom. The number of carbonyl (C=O) groups excluding carboxylic acids is 2. The normalized spacial score (nSPS) is 23.7. The van der Waals surface area contributed by atoms with Gasteiger partial charge in [0, 0.05) is 30.1 Å². The summed E-state index contributed by atoms with van der Waals surface area (Å²) in [5.74, 6) is -1.04. The predicted octanol–water partition coefficient (Wildman–Crippen LogP) is 2.60. The molecule has 3 N–H and O–H groups in total. The summed E-state index contributed by atoms with van der Waals surface area (Å²) in [5, 5.41) is 15.1. The van der Waals surface area contributed by atoms with Crippen LogP contribution >= 0.6 is 11.3 Å². The molecule has 0 unspecified atom stereocenters. The lowest BCUT2D eigenvalue weighted by Crippen LogP contribution is -2.51. The van der Waals surface area contributed by atoms with Crippen molar-refractivity contribution in [1.29, 1.82) is 0 Å². The van der Waals surface area contributed by atoms with Gasteiger partial charge in [-0.2, -0.15) is 0 Å². The molecule has 148 valence electrons. The molecule has 1 aromatic rings. The SMILES string of the molecule is Cc1ccc(C(=O)NC2CCN(C(=O)NC3CCC(C(=O)O)CC3)CC2)s1. The molecule has 8 heteroatoms. The number of carboxylic acids is 1. The summed E-state index contributed by atoms with van der Waals surface area (Å²) < 4.78 is 0. The van der Waals surface area contributed by atoms with Crippen LogP contribution in [-0.2, 0) is 4.79 Å². The van der Waals surface area contributed by atoms with Gasteiger partial charge in [-0.1, -0.05) is 0 Å². The van der Waals surface area contributed by atoms with Crippen molar-refractivity contribution >= 4 is 29.2 Å². The zero-order chi connectivity index (χ0) is 19.4. The summed E-state index contributed by atoms with van der Waals surface area (Å²) >= 11 is 1.49. The molecule has 7 nitrogen and oxygen atoms in total. The molecule has 3 rings (SSSR count). The minimum Gasteiger partial charge on any atom is -0.481 e. The number of rotatable bonds is 4. The number of piperidine rings is 1. The van der Waals surface area contributed by atoms with Crippen LogP contribution in [0.1, 0.15) is 53.1 Å². The van der Waals surface area contributed by atoms with E-state index in [4.69, 9.17) is 5.11 Å². The minimum absolute atomic E-state index is 0.0359. The van der Waals surface area contributed by atoms with Crippen LogP contribution in [0.5, 0.6) is 0 Å². The molecule has 1 aliphatic carbocycles.